The smallest absolute Gasteiger partial charge is 0.377 e. The molecule has 0 spiro atoms. The van der Waals surface area contributed by atoms with E-state index >= 15 is 0 Å². The van der Waals surface area contributed by atoms with Gasteiger partial charge in [0, 0.05) is 24.0 Å². The monoisotopic (exact) mass is 274 g/mol. The Kier molecular flexibility index (Phi) is 3.56. The van der Waals surface area contributed by atoms with Gasteiger partial charge in [0.2, 0.25) is 0 Å². The van der Waals surface area contributed by atoms with Crippen LogP contribution in [0.1, 0.15) is 30.2 Å². The second-order valence-electron chi connectivity index (χ2n) is 4.64. The number of nitrogens with zero attached hydrogens (tertiary/aromatic N) is 2. The number of carboxylic acids is 1. The van der Waals surface area contributed by atoms with E-state index in [1.54, 1.807) is 29.1 Å². The lowest BCUT2D eigenvalue weighted by Crippen LogP contribution is -2.24. The molecule has 0 radical (unpaired) electrons. The summed E-state index contributed by atoms with van der Waals surface area (Å²) >= 11 is 0. The SMILES string of the molecule is CC(C)n1ccn(-c2cccc(C(=O)C(=O)O)c2)c1=O. The van der Waals surface area contributed by atoms with Crippen LogP contribution in [0.2, 0.25) is 0 Å². The number of aromatic nitrogens is 2. The van der Waals surface area contributed by atoms with Gasteiger partial charge in [-0.3, -0.25) is 13.9 Å². The zero-order chi connectivity index (χ0) is 14.9. The first-order valence-corrected chi connectivity index (χ1v) is 6.09. The van der Waals surface area contributed by atoms with Crippen LogP contribution in [0.15, 0.2) is 41.5 Å². The molecule has 0 aliphatic carbocycles. The van der Waals surface area contributed by atoms with Crippen molar-refractivity contribution in [3.8, 4) is 5.69 Å². The van der Waals surface area contributed by atoms with Gasteiger partial charge in [-0.05, 0) is 26.0 Å². The van der Waals surface area contributed by atoms with E-state index in [-0.39, 0.29) is 17.3 Å². The van der Waals surface area contributed by atoms with Gasteiger partial charge in [0.05, 0.1) is 5.69 Å². The van der Waals surface area contributed by atoms with Crippen LogP contribution in [0.3, 0.4) is 0 Å². The van der Waals surface area contributed by atoms with Crippen LogP contribution in [0, 0.1) is 0 Å². The third kappa shape index (κ3) is 2.40. The van der Waals surface area contributed by atoms with Crippen LogP contribution in [-0.4, -0.2) is 26.0 Å². The van der Waals surface area contributed by atoms with Gasteiger partial charge in [0.15, 0.2) is 0 Å². The molecule has 1 heterocycles. The molecule has 1 N–H and O–H groups in total. The molecule has 2 rings (SSSR count). The highest BCUT2D eigenvalue weighted by Gasteiger charge is 2.15. The molecular formula is C14H14N2O4. The molecule has 104 valence electrons. The van der Waals surface area contributed by atoms with Crippen LogP contribution in [0.5, 0.6) is 0 Å². The van der Waals surface area contributed by atoms with Crippen molar-refractivity contribution in [3.63, 3.8) is 0 Å². The van der Waals surface area contributed by atoms with Crippen molar-refractivity contribution >= 4 is 11.8 Å². The van der Waals surface area contributed by atoms with Crippen LogP contribution < -0.4 is 5.69 Å². The second-order valence-corrected chi connectivity index (χ2v) is 4.64. The van der Waals surface area contributed by atoms with Crippen LogP contribution in [0.25, 0.3) is 5.69 Å². The van der Waals surface area contributed by atoms with E-state index < -0.39 is 11.8 Å². The minimum absolute atomic E-state index is 0.0209. The molecule has 6 nitrogen and oxygen atoms in total. The van der Waals surface area contributed by atoms with Gasteiger partial charge in [-0.25, -0.2) is 9.59 Å². The zero-order valence-electron chi connectivity index (χ0n) is 11.1. The van der Waals surface area contributed by atoms with Gasteiger partial charge in [0.25, 0.3) is 5.78 Å². The topological polar surface area (TPSA) is 81.3 Å². The number of carbonyl (C=O) groups is 2. The van der Waals surface area contributed by atoms with E-state index in [0.29, 0.717) is 5.69 Å². The Bertz CT molecular complexity index is 725. The molecule has 0 aliphatic heterocycles. The Morgan fingerprint density at radius 1 is 1.20 bits per heavy atom. The van der Waals surface area contributed by atoms with Crippen molar-refractivity contribution in [2.45, 2.75) is 19.9 Å². The molecule has 0 unspecified atom stereocenters. The zero-order valence-corrected chi connectivity index (χ0v) is 11.1. The number of rotatable bonds is 4. The average molecular weight is 274 g/mol. The molecule has 20 heavy (non-hydrogen) atoms. The lowest BCUT2D eigenvalue weighted by molar-refractivity contribution is -0.131. The number of aliphatic carboxylic acids is 1. The highest BCUT2D eigenvalue weighted by Crippen LogP contribution is 2.11. The summed E-state index contributed by atoms with van der Waals surface area (Å²) in [6.45, 7) is 3.77. The number of imidazole rings is 1. The summed E-state index contributed by atoms with van der Waals surface area (Å²) in [7, 11) is 0. The number of hydrogen-bond acceptors (Lipinski definition) is 3. The average Bonchev–Trinajstić information content (AvgIpc) is 2.80. The number of Topliss-reactive ketones (excluding diaryl/α,β-unsaturated/α-hetero) is 1. The minimum Gasteiger partial charge on any atom is -0.475 e. The molecule has 1 aromatic heterocycles. The number of benzene rings is 1. The van der Waals surface area contributed by atoms with E-state index in [2.05, 4.69) is 0 Å². The van der Waals surface area contributed by atoms with Gasteiger partial charge >= 0.3 is 11.7 Å². The molecule has 0 saturated heterocycles. The molecule has 0 fully saturated rings. The third-order valence-electron chi connectivity index (χ3n) is 2.94. The van der Waals surface area contributed by atoms with E-state index in [4.69, 9.17) is 5.11 Å². The van der Waals surface area contributed by atoms with E-state index in [1.807, 2.05) is 13.8 Å². The van der Waals surface area contributed by atoms with Crippen molar-refractivity contribution in [3.05, 3.63) is 52.7 Å². The first-order valence-electron chi connectivity index (χ1n) is 6.09. The summed E-state index contributed by atoms with van der Waals surface area (Å²) in [4.78, 5) is 34.3. The van der Waals surface area contributed by atoms with Crippen LogP contribution in [0.4, 0.5) is 0 Å². The molecule has 0 atom stereocenters. The summed E-state index contributed by atoms with van der Waals surface area (Å²) in [6, 6.07) is 6.01. The van der Waals surface area contributed by atoms with Crippen LogP contribution in [-0.2, 0) is 4.79 Å². The standard InChI is InChI=1S/C14H14N2O4/c1-9(2)15-6-7-16(14(15)20)11-5-3-4-10(8-11)12(17)13(18)19/h3-9H,1-2H3,(H,18,19). The Morgan fingerprint density at radius 3 is 2.45 bits per heavy atom. The predicted molar refractivity (Wildman–Crippen MR) is 72.4 cm³/mol. The lowest BCUT2D eigenvalue weighted by atomic mass is 10.1. The molecular weight excluding hydrogens is 260 g/mol. The fraction of sp³-hybridized carbons (Fsp3) is 0.214. The normalized spacial score (nSPS) is 10.8. The van der Waals surface area contributed by atoms with Crippen LogP contribution >= 0.6 is 0 Å². The Balaban J connectivity index is 2.49. The maximum Gasteiger partial charge on any atom is 0.377 e. The maximum atomic E-state index is 12.2. The summed E-state index contributed by atoms with van der Waals surface area (Å²) in [5.41, 5.74) is 0.264. The Hall–Kier alpha value is -2.63. The summed E-state index contributed by atoms with van der Waals surface area (Å²) < 4.78 is 2.92. The maximum absolute atomic E-state index is 12.2. The molecule has 2 aromatic rings. The fourth-order valence-corrected chi connectivity index (χ4v) is 1.90. The van der Waals surface area contributed by atoms with E-state index in [9.17, 15) is 14.4 Å². The first kappa shape index (κ1) is 13.8. The Morgan fingerprint density at radius 2 is 1.90 bits per heavy atom. The number of ketones is 1. The van der Waals surface area contributed by atoms with Gasteiger partial charge in [-0.1, -0.05) is 12.1 Å². The van der Waals surface area contributed by atoms with Crippen molar-refractivity contribution < 1.29 is 14.7 Å². The molecule has 0 saturated carbocycles. The number of carboxylic acid groups (broad SMARTS) is 1. The molecule has 0 bridgehead atoms. The molecule has 1 aromatic carbocycles. The number of hydrogen-bond donors (Lipinski definition) is 1. The van der Waals surface area contributed by atoms with Crippen molar-refractivity contribution in [2.24, 2.45) is 0 Å². The molecule has 6 heteroatoms. The molecule has 0 amide bonds. The quantitative estimate of drug-likeness (QED) is 0.676. The minimum atomic E-state index is -1.52. The van der Waals surface area contributed by atoms with E-state index in [0.717, 1.165) is 0 Å². The first-order chi connectivity index (χ1) is 9.41. The van der Waals surface area contributed by atoms with Crippen molar-refractivity contribution in [2.75, 3.05) is 0 Å². The second kappa shape index (κ2) is 5.16. The fourth-order valence-electron chi connectivity index (χ4n) is 1.90. The lowest BCUT2D eigenvalue weighted by Gasteiger charge is -2.06. The van der Waals surface area contributed by atoms with Gasteiger partial charge in [0.1, 0.15) is 0 Å². The van der Waals surface area contributed by atoms with E-state index in [1.165, 1.54) is 16.7 Å². The summed E-state index contributed by atoms with van der Waals surface area (Å²) in [6.07, 6.45) is 3.24. The molecule has 0 aliphatic rings. The highest BCUT2D eigenvalue weighted by atomic mass is 16.4. The van der Waals surface area contributed by atoms with Crippen molar-refractivity contribution in [1.29, 1.82) is 0 Å². The number of carbonyl (C=O) groups excluding carboxylic acids is 1. The van der Waals surface area contributed by atoms with Crippen molar-refractivity contribution in [1.82, 2.24) is 9.13 Å². The van der Waals surface area contributed by atoms with Gasteiger partial charge in [-0.15, -0.1) is 0 Å². The largest absolute Gasteiger partial charge is 0.475 e. The van der Waals surface area contributed by atoms with Gasteiger partial charge in [-0.2, -0.15) is 0 Å². The van der Waals surface area contributed by atoms with Gasteiger partial charge < -0.3 is 5.11 Å². The summed E-state index contributed by atoms with van der Waals surface area (Å²) in [5.74, 6) is -2.52. The Labute approximate surface area is 114 Å². The highest BCUT2D eigenvalue weighted by molar-refractivity contribution is 6.39. The summed E-state index contributed by atoms with van der Waals surface area (Å²) in [5, 5.41) is 8.71. The third-order valence-corrected chi connectivity index (χ3v) is 2.94. The predicted octanol–water partition coefficient (Wildman–Crippen LogP) is 1.49.